The molecule has 96 valence electrons. The summed E-state index contributed by atoms with van der Waals surface area (Å²) in [4.78, 5) is 14.9. The number of oxazole rings is 1. The first kappa shape index (κ1) is 12.6. The van der Waals surface area contributed by atoms with Crippen molar-refractivity contribution in [2.45, 2.75) is 13.8 Å². The molecule has 0 aliphatic heterocycles. The molecular weight excluding hydrogens is 244 g/mol. The van der Waals surface area contributed by atoms with Crippen LogP contribution >= 0.6 is 0 Å². The molecule has 0 atom stereocenters. The maximum absolute atomic E-state index is 10.8. The molecule has 0 radical (unpaired) electrons. The highest BCUT2D eigenvalue weighted by Gasteiger charge is 2.14. The van der Waals surface area contributed by atoms with Gasteiger partial charge >= 0.3 is 0 Å². The number of anilines is 1. The molecule has 1 amide bonds. The van der Waals surface area contributed by atoms with E-state index < -0.39 is 0 Å². The molecule has 0 unspecified atom stereocenters. The van der Waals surface area contributed by atoms with Gasteiger partial charge in [-0.1, -0.05) is 17.7 Å². The number of benzene rings is 1. The van der Waals surface area contributed by atoms with Crippen molar-refractivity contribution in [2.24, 2.45) is 0 Å². The van der Waals surface area contributed by atoms with Crippen LogP contribution < -0.4 is 10.9 Å². The predicted octanol–water partition coefficient (Wildman–Crippen LogP) is 1.98. The largest absolute Gasteiger partial charge is 0.417 e. The number of nitrogens with zero attached hydrogens (tertiary/aromatic N) is 2. The molecule has 2 rings (SSSR count). The van der Waals surface area contributed by atoms with Gasteiger partial charge < -0.3 is 4.42 Å². The van der Waals surface area contributed by atoms with E-state index in [-0.39, 0.29) is 17.5 Å². The summed E-state index contributed by atoms with van der Waals surface area (Å²) < 4.78 is 5.42. The average molecular weight is 256 g/mol. The van der Waals surface area contributed by atoms with Crippen molar-refractivity contribution < 1.29 is 9.21 Å². The molecule has 6 heteroatoms. The Bertz CT molecular complexity index is 638. The van der Waals surface area contributed by atoms with Gasteiger partial charge in [-0.2, -0.15) is 10.2 Å². The Morgan fingerprint density at radius 3 is 2.63 bits per heavy atom. The second-order valence-corrected chi connectivity index (χ2v) is 3.98. The zero-order chi connectivity index (χ0) is 13.8. The van der Waals surface area contributed by atoms with Crippen molar-refractivity contribution >= 4 is 11.8 Å². The summed E-state index contributed by atoms with van der Waals surface area (Å²) in [6.07, 6.45) is 0. The van der Waals surface area contributed by atoms with Gasteiger partial charge in [-0.3, -0.25) is 15.6 Å². The Labute approximate surface area is 110 Å². The van der Waals surface area contributed by atoms with E-state index in [0.717, 1.165) is 11.1 Å². The van der Waals surface area contributed by atoms with Crippen molar-refractivity contribution in [1.82, 2.24) is 10.4 Å². The number of nitrogens with one attached hydrogen (secondary N) is 2. The van der Waals surface area contributed by atoms with E-state index in [1.165, 1.54) is 6.92 Å². The number of hydrogen-bond acceptors (Lipinski definition) is 5. The Balaban J connectivity index is 2.30. The lowest BCUT2D eigenvalue weighted by atomic mass is 10.1. The van der Waals surface area contributed by atoms with Gasteiger partial charge in [-0.25, -0.2) is 0 Å². The summed E-state index contributed by atoms with van der Waals surface area (Å²) in [7, 11) is 0. The molecule has 1 aromatic carbocycles. The summed E-state index contributed by atoms with van der Waals surface area (Å²) in [5, 5.41) is 8.96. The minimum atomic E-state index is -0.294. The smallest absolute Gasteiger partial charge is 0.250 e. The zero-order valence-electron chi connectivity index (χ0n) is 10.5. The average Bonchev–Trinajstić information content (AvgIpc) is 2.80. The monoisotopic (exact) mass is 256 g/mol. The molecule has 1 aromatic heterocycles. The highest BCUT2D eigenvalue weighted by molar-refractivity contribution is 5.74. The first-order valence-corrected chi connectivity index (χ1v) is 5.60. The van der Waals surface area contributed by atoms with Crippen molar-refractivity contribution in [3.8, 4) is 17.5 Å². The SMILES string of the molecule is CC(=O)NNc1oc(-c2ccc(C)cc2)nc1C#N. The maximum Gasteiger partial charge on any atom is 0.250 e. The Hall–Kier alpha value is -2.81. The fourth-order valence-electron chi connectivity index (χ4n) is 1.45. The van der Waals surface area contributed by atoms with E-state index >= 15 is 0 Å². The van der Waals surface area contributed by atoms with Gasteiger partial charge in [0.2, 0.25) is 17.5 Å². The number of rotatable bonds is 3. The van der Waals surface area contributed by atoms with E-state index in [0.29, 0.717) is 5.89 Å². The number of aromatic nitrogens is 1. The zero-order valence-corrected chi connectivity index (χ0v) is 10.5. The molecule has 0 bridgehead atoms. The molecule has 0 spiro atoms. The second kappa shape index (κ2) is 5.23. The second-order valence-electron chi connectivity index (χ2n) is 3.98. The minimum absolute atomic E-state index is 0.0873. The molecule has 2 N–H and O–H groups in total. The summed E-state index contributed by atoms with van der Waals surface area (Å²) in [5.74, 6) is 0.148. The van der Waals surface area contributed by atoms with Crippen molar-refractivity contribution in [2.75, 3.05) is 5.43 Å². The van der Waals surface area contributed by atoms with Crippen LogP contribution in [0.1, 0.15) is 18.2 Å². The third kappa shape index (κ3) is 2.90. The fourth-order valence-corrected chi connectivity index (χ4v) is 1.45. The molecule has 0 fully saturated rings. The number of carbonyl (C=O) groups excluding carboxylic acids is 1. The van der Waals surface area contributed by atoms with Crippen molar-refractivity contribution in [3.05, 3.63) is 35.5 Å². The molecule has 0 saturated carbocycles. The molecule has 0 aliphatic carbocycles. The summed E-state index contributed by atoms with van der Waals surface area (Å²) in [6.45, 7) is 3.32. The van der Waals surface area contributed by atoms with Gasteiger partial charge in [-0.05, 0) is 19.1 Å². The van der Waals surface area contributed by atoms with Gasteiger partial charge in [0.15, 0.2) is 0 Å². The third-order valence-corrected chi connectivity index (χ3v) is 2.38. The third-order valence-electron chi connectivity index (χ3n) is 2.38. The number of carbonyl (C=O) groups is 1. The van der Waals surface area contributed by atoms with E-state index in [9.17, 15) is 4.79 Å². The first-order chi connectivity index (χ1) is 9.10. The van der Waals surface area contributed by atoms with Crippen LogP contribution in [0.5, 0.6) is 0 Å². The van der Waals surface area contributed by atoms with Gasteiger partial charge in [0.1, 0.15) is 6.07 Å². The van der Waals surface area contributed by atoms with Crippen LogP contribution in [0.25, 0.3) is 11.5 Å². The van der Waals surface area contributed by atoms with E-state index in [1.54, 1.807) is 0 Å². The molecule has 1 heterocycles. The van der Waals surface area contributed by atoms with E-state index in [2.05, 4.69) is 15.8 Å². The lowest BCUT2D eigenvalue weighted by molar-refractivity contribution is -0.118. The number of hydrogen-bond donors (Lipinski definition) is 2. The lowest BCUT2D eigenvalue weighted by Gasteiger charge is -2.01. The predicted molar refractivity (Wildman–Crippen MR) is 68.8 cm³/mol. The van der Waals surface area contributed by atoms with Crippen LogP contribution in [0.2, 0.25) is 0 Å². The highest BCUT2D eigenvalue weighted by Crippen LogP contribution is 2.24. The van der Waals surface area contributed by atoms with Crippen LogP contribution in [-0.4, -0.2) is 10.9 Å². The lowest BCUT2D eigenvalue weighted by Crippen LogP contribution is -2.26. The summed E-state index contributed by atoms with van der Waals surface area (Å²) in [5.41, 5.74) is 6.82. The van der Waals surface area contributed by atoms with Crippen molar-refractivity contribution in [3.63, 3.8) is 0 Å². The standard InChI is InChI=1S/C13H12N4O2/c1-8-3-5-10(6-4-8)12-15-11(7-14)13(19-12)17-16-9(2)18/h3-6,17H,1-2H3,(H,16,18). The normalized spacial score (nSPS) is 9.74. The van der Waals surface area contributed by atoms with E-state index in [1.807, 2.05) is 37.3 Å². The highest BCUT2D eigenvalue weighted by atomic mass is 16.4. The van der Waals surface area contributed by atoms with Crippen LogP contribution in [0.4, 0.5) is 5.88 Å². The Kier molecular flexibility index (Phi) is 3.48. The van der Waals surface area contributed by atoms with Gasteiger partial charge in [0.05, 0.1) is 0 Å². The summed E-state index contributed by atoms with van der Waals surface area (Å²) in [6, 6.07) is 9.45. The molecule has 0 saturated heterocycles. The molecule has 2 aromatic rings. The number of aryl methyl sites for hydroxylation is 1. The number of amides is 1. The maximum atomic E-state index is 10.8. The quantitative estimate of drug-likeness (QED) is 0.819. The fraction of sp³-hybridized carbons (Fsp3) is 0.154. The minimum Gasteiger partial charge on any atom is -0.417 e. The summed E-state index contributed by atoms with van der Waals surface area (Å²) >= 11 is 0. The van der Waals surface area contributed by atoms with Gasteiger partial charge in [0, 0.05) is 12.5 Å². The topological polar surface area (TPSA) is 90.9 Å². The van der Waals surface area contributed by atoms with Gasteiger partial charge in [0.25, 0.3) is 5.88 Å². The van der Waals surface area contributed by atoms with Crippen molar-refractivity contribution in [1.29, 1.82) is 5.26 Å². The van der Waals surface area contributed by atoms with Gasteiger partial charge in [-0.15, -0.1) is 0 Å². The Morgan fingerprint density at radius 2 is 2.05 bits per heavy atom. The van der Waals surface area contributed by atoms with Crippen LogP contribution in [0.15, 0.2) is 28.7 Å². The Morgan fingerprint density at radius 1 is 1.37 bits per heavy atom. The first-order valence-electron chi connectivity index (χ1n) is 5.60. The number of hydrazine groups is 1. The van der Waals surface area contributed by atoms with Crippen LogP contribution in [-0.2, 0) is 4.79 Å². The molecular formula is C13H12N4O2. The molecule has 0 aliphatic rings. The van der Waals surface area contributed by atoms with E-state index in [4.69, 9.17) is 9.68 Å². The molecule has 19 heavy (non-hydrogen) atoms. The van der Waals surface area contributed by atoms with Crippen LogP contribution in [0.3, 0.4) is 0 Å². The number of nitriles is 1. The molecule has 6 nitrogen and oxygen atoms in total. The van der Waals surface area contributed by atoms with Crippen LogP contribution in [0, 0.1) is 18.3 Å².